The SMILES string of the molecule is O=C(O)CCC[C@H]1CC[C@@H]2[C@@H](CC[C@H](O)CCc3cccc(F)c3)[C@H](O)C[C@@H]2OC1. The summed E-state index contributed by atoms with van der Waals surface area (Å²) in [6.45, 7) is 0.649. The fraction of sp³-hybridized carbons (Fsp3) is 0.708. The summed E-state index contributed by atoms with van der Waals surface area (Å²) >= 11 is 0. The van der Waals surface area contributed by atoms with Crippen molar-refractivity contribution in [2.45, 2.75) is 82.5 Å². The van der Waals surface area contributed by atoms with Crippen LogP contribution in [0.1, 0.15) is 63.4 Å². The van der Waals surface area contributed by atoms with Crippen LogP contribution in [0.2, 0.25) is 0 Å². The number of ether oxygens (including phenoxy) is 1. The molecule has 0 spiro atoms. The van der Waals surface area contributed by atoms with Crippen LogP contribution in [-0.4, -0.2) is 46.2 Å². The highest BCUT2D eigenvalue weighted by molar-refractivity contribution is 5.66. The number of aryl methyl sites for hydroxylation is 1. The Kier molecular flexibility index (Phi) is 8.66. The lowest BCUT2D eigenvalue weighted by atomic mass is 9.83. The van der Waals surface area contributed by atoms with Crippen LogP contribution in [0, 0.1) is 23.6 Å². The standard InChI is InChI=1S/C24H35FO5/c25-18-5-1-3-16(13-18)7-9-19(26)10-12-20-21-11-8-17(4-2-6-24(28)29)15-30-23(21)14-22(20)27/h1,3,5,13,17,19-23,26-27H,2,4,6-12,14-15H2,(H,28,29)/t17-,19+,20+,21+,22+,23-/m0/s1. The highest BCUT2D eigenvalue weighted by atomic mass is 19.1. The second kappa shape index (κ2) is 11.2. The normalized spacial score (nSPS) is 29.9. The molecule has 1 aliphatic heterocycles. The van der Waals surface area contributed by atoms with Gasteiger partial charge in [-0.25, -0.2) is 4.39 Å². The molecule has 1 heterocycles. The third-order valence-corrected chi connectivity index (χ3v) is 6.94. The third kappa shape index (κ3) is 6.76. The topological polar surface area (TPSA) is 87.0 Å². The predicted molar refractivity (Wildman–Crippen MR) is 112 cm³/mol. The number of hydrogen-bond acceptors (Lipinski definition) is 4. The summed E-state index contributed by atoms with van der Waals surface area (Å²) in [5.74, 6) is -0.168. The van der Waals surface area contributed by atoms with E-state index >= 15 is 0 Å². The van der Waals surface area contributed by atoms with Gasteiger partial charge in [-0.3, -0.25) is 4.79 Å². The molecule has 5 nitrogen and oxygen atoms in total. The first-order valence-corrected chi connectivity index (χ1v) is 11.4. The second-order valence-corrected chi connectivity index (χ2v) is 9.13. The van der Waals surface area contributed by atoms with E-state index in [4.69, 9.17) is 9.84 Å². The van der Waals surface area contributed by atoms with Crippen molar-refractivity contribution in [2.24, 2.45) is 17.8 Å². The van der Waals surface area contributed by atoms with Crippen LogP contribution >= 0.6 is 0 Å². The van der Waals surface area contributed by atoms with Crippen LogP contribution < -0.4 is 0 Å². The van der Waals surface area contributed by atoms with Crippen LogP contribution in [0.25, 0.3) is 0 Å². The number of rotatable bonds is 10. The van der Waals surface area contributed by atoms with Gasteiger partial charge in [-0.05, 0) is 86.8 Å². The molecule has 2 fully saturated rings. The number of halogens is 1. The van der Waals surface area contributed by atoms with Crippen LogP contribution in [0.15, 0.2) is 24.3 Å². The molecular weight excluding hydrogens is 387 g/mol. The summed E-state index contributed by atoms with van der Waals surface area (Å²) in [6.07, 6.45) is 6.24. The molecule has 3 N–H and O–H groups in total. The van der Waals surface area contributed by atoms with Crippen molar-refractivity contribution in [1.29, 1.82) is 0 Å². The molecule has 0 bridgehead atoms. The van der Waals surface area contributed by atoms with Crippen LogP contribution in [0.4, 0.5) is 4.39 Å². The molecule has 6 atom stereocenters. The van der Waals surface area contributed by atoms with Gasteiger partial charge in [0, 0.05) is 19.4 Å². The molecule has 0 aromatic heterocycles. The number of aliphatic hydroxyl groups is 2. The van der Waals surface area contributed by atoms with E-state index in [1.165, 1.54) is 12.1 Å². The first-order valence-electron chi connectivity index (χ1n) is 11.4. The number of hydrogen-bond donors (Lipinski definition) is 3. The minimum atomic E-state index is -0.749. The van der Waals surface area contributed by atoms with Gasteiger partial charge in [0.2, 0.25) is 0 Å². The van der Waals surface area contributed by atoms with Gasteiger partial charge in [-0.1, -0.05) is 12.1 Å². The van der Waals surface area contributed by atoms with Crippen molar-refractivity contribution >= 4 is 5.97 Å². The lowest BCUT2D eigenvalue weighted by Gasteiger charge is -2.24. The highest BCUT2D eigenvalue weighted by Crippen LogP contribution is 2.43. The molecule has 1 aliphatic carbocycles. The Morgan fingerprint density at radius 3 is 2.83 bits per heavy atom. The molecule has 1 aromatic rings. The number of carboxylic acids is 1. The Labute approximate surface area is 178 Å². The van der Waals surface area contributed by atoms with Crippen molar-refractivity contribution in [1.82, 2.24) is 0 Å². The molecule has 1 saturated carbocycles. The zero-order chi connectivity index (χ0) is 21.5. The maximum absolute atomic E-state index is 13.3. The van der Waals surface area contributed by atoms with Gasteiger partial charge in [-0.2, -0.15) is 0 Å². The average Bonchev–Trinajstić information content (AvgIpc) is 2.86. The van der Waals surface area contributed by atoms with E-state index in [9.17, 15) is 19.4 Å². The zero-order valence-corrected chi connectivity index (χ0v) is 17.6. The van der Waals surface area contributed by atoms with E-state index in [0.717, 1.165) is 31.2 Å². The lowest BCUT2D eigenvalue weighted by molar-refractivity contribution is -0.137. The fourth-order valence-corrected chi connectivity index (χ4v) is 5.24. The molecule has 168 valence electrons. The Balaban J connectivity index is 1.43. The average molecular weight is 423 g/mol. The quantitative estimate of drug-likeness (QED) is 0.532. The molecule has 1 aromatic carbocycles. The molecule has 6 heteroatoms. The number of carbonyl (C=O) groups is 1. The van der Waals surface area contributed by atoms with Gasteiger partial charge >= 0.3 is 5.97 Å². The lowest BCUT2D eigenvalue weighted by Crippen LogP contribution is -2.24. The Morgan fingerprint density at radius 1 is 1.23 bits per heavy atom. The van der Waals surface area contributed by atoms with Gasteiger partial charge < -0.3 is 20.1 Å². The summed E-state index contributed by atoms with van der Waals surface area (Å²) in [5, 5.41) is 29.8. The monoisotopic (exact) mass is 422 g/mol. The summed E-state index contributed by atoms with van der Waals surface area (Å²) < 4.78 is 19.4. The maximum Gasteiger partial charge on any atom is 0.303 e. The minimum absolute atomic E-state index is 0.0684. The van der Waals surface area contributed by atoms with Gasteiger partial charge in [0.1, 0.15) is 5.82 Å². The van der Waals surface area contributed by atoms with Crippen molar-refractivity contribution in [3.05, 3.63) is 35.6 Å². The predicted octanol–water partition coefficient (Wildman–Crippen LogP) is 3.95. The highest BCUT2D eigenvalue weighted by Gasteiger charge is 2.44. The summed E-state index contributed by atoms with van der Waals surface area (Å²) in [5.41, 5.74) is 0.890. The van der Waals surface area contributed by atoms with E-state index in [-0.39, 0.29) is 30.4 Å². The summed E-state index contributed by atoms with van der Waals surface area (Å²) in [6, 6.07) is 6.49. The molecule has 2 aliphatic rings. The smallest absolute Gasteiger partial charge is 0.303 e. The number of aliphatic hydroxyl groups excluding tert-OH is 2. The molecule has 3 rings (SSSR count). The van der Waals surface area contributed by atoms with Crippen LogP contribution in [-0.2, 0) is 16.0 Å². The molecule has 30 heavy (non-hydrogen) atoms. The van der Waals surface area contributed by atoms with Crippen molar-refractivity contribution in [2.75, 3.05) is 6.61 Å². The van der Waals surface area contributed by atoms with Gasteiger partial charge in [0.05, 0.1) is 18.3 Å². The van der Waals surface area contributed by atoms with E-state index in [2.05, 4.69) is 0 Å². The zero-order valence-electron chi connectivity index (χ0n) is 17.6. The number of fused-ring (bicyclic) bond motifs is 1. The van der Waals surface area contributed by atoms with Crippen molar-refractivity contribution in [3.63, 3.8) is 0 Å². The largest absolute Gasteiger partial charge is 0.481 e. The Bertz CT molecular complexity index is 681. The summed E-state index contributed by atoms with van der Waals surface area (Å²) in [4.78, 5) is 10.7. The fourth-order valence-electron chi connectivity index (χ4n) is 5.24. The Morgan fingerprint density at radius 2 is 2.07 bits per heavy atom. The van der Waals surface area contributed by atoms with Gasteiger partial charge in [0.25, 0.3) is 0 Å². The van der Waals surface area contributed by atoms with E-state index in [0.29, 0.717) is 50.5 Å². The first kappa shape index (κ1) is 23.2. The number of benzene rings is 1. The third-order valence-electron chi connectivity index (χ3n) is 6.94. The van der Waals surface area contributed by atoms with Gasteiger partial charge in [0.15, 0.2) is 0 Å². The number of aliphatic carboxylic acids is 1. The first-order chi connectivity index (χ1) is 14.4. The molecule has 0 radical (unpaired) electrons. The molecule has 0 amide bonds. The van der Waals surface area contributed by atoms with Crippen molar-refractivity contribution in [3.8, 4) is 0 Å². The number of carboxylic acid groups (broad SMARTS) is 1. The van der Waals surface area contributed by atoms with Crippen LogP contribution in [0.3, 0.4) is 0 Å². The van der Waals surface area contributed by atoms with E-state index in [1.807, 2.05) is 6.07 Å². The van der Waals surface area contributed by atoms with Crippen LogP contribution in [0.5, 0.6) is 0 Å². The van der Waals surface area contributed by atoms with Gasteiger partial charge in [-0.15, -0.1) is 0 Å². The van der Waals surface area contributed by atoms with Crippen molar-refractivity contribution < 1.29 is 29.2 Å². The minimum Gasteiger partial charge on any atom is -0.481 e. The summed E-state index contributed by atoms with van der Waals surface area (Å²) in [7, 11) is 0. The van der Waals surface area contributed by atoms with E-state index < -0.39 is 12.1 Å². The maximum atomic E-state index is 13.3. The Hall–Kier alpha value is -1.50. The molecule has 0 unspecified atom stereocenters. The molecular formula is C24H35FO5. The molecule has 1 saturated heterocycles. The van der Waals surface area contributed by atoms with E-state index in [1.54, 1.807) is 6.07 Å². The second-order valence-electron chi connectivity index (χ2n) is 9.13.